The molecule has 0 atom stereocenters. The number of ether oxygens (including phenoxy) is 1. The van der Waals surface area contributed by atoms with Crippen molar-refractivity contribution in [2.45, 2.75) is 12.6 Å². The van der Waals surface area contributed by atoms with Crippen molar-refractivity contribution in [3.63, 3.8) is 0 Å². The molecule has 12 heteroatoms. The normalized spacial score (nSPS) is 11.8. The Kier molecular flexibility index (Phi) is 9.26. The average Bonchev–Trinajstić information content (AvgIpc) is 2.55. The number of hydrogen-bond donors (Lipinski definition) is 4. The predicted molar refractivity (Wildman–Crippen MR) is 97.8 cm³/mol. The van der Waals surface area contributed by atoms with Gasteiger partial charge in [0.15, 0.2) is 0 Å². The summed E-state index contributed by atoms with van der Waals surface area (Å²) in [7, 11) is -4.67. The molecule has 0 radical (unpaired) electrons. The lowest BCUT2D eigenvalue weighted by Crippen LogP contribution is -2.19. The number of thiol groups is 1. The molecule has 2 aromatic rings. The molecule has 0 aliphatic heterocycles. The molecule has 152 valence electrons. The first-order valence-corrected chi connectivity index (χ1v) is 9.66. The van der Waals surface area contributed by atoms with Gasteiger partial charge in [-0.15, -0.1) is 0 Å². The van der Waals surface area contributed by atoms with Gasteiger partial charge in [-0.3, -0.25) is 9.11 Å². The molecule has 1 aromatic carbocycles. The van der Waals surface area contributed by atoms with Crippen LogP contribution in [-0.4, -0.2) is 48.0 Å². The predicted octanol–water partition coefficient (Wildman–Crippen LogP) is 2.89. The van der Waals surface area contributed by atoms with Crippen molar-refractivity contribution < 1.29 is 35.4 Å². The molecule has 0 saturated heterocycles. The highest BCUT2D eigenvalue weighted by Gasteiger charge is 2.33. The molecule has 1 aromatic heterocycles. The Morgan fingerprint density at radius 2 is 1.81 bits per heavy atom. The van der Waals surface area contributed by atoms with Crippen LogP contribution < -0.4 is 10.1 Å². The van der Waals surface area contributed by atoms with Crippen LogP contribution in [0.25, 0.3) is 10.9 Å². The highest BCUT2D eigenvalue weighted by atomic mass is 32.3. The first-order chi connectivity index (χ1) is 12.5. The fourth-order valence-corrected chi connectivity index (χ4v) is 2.20. The standard InChI is InChI=1S/C15H17F3N2OS.H2O4S/c16-15(17,18)12-10-14(21-8-3-6-19-7-9-22)20-13-5-2-1-4-11(12)13;1-5(2,3)4/h1-2,4-5,10,19,22H,3,6-9H2;(H2,1,2,3,4). The van der Waals surface area contributed by atoms with E-state index in [1.54, 1.807) is 18.2 Å². The van der Waals surface area contributed by atoms with E-state index in [0.29, 0.717) is 13.0 Å². The summed E-state index contributed by atoms with van der Waals surface area (Å²) < 4.78 is 76.3. The van der Waals surface area contributed by atoms with Gasteiger partial charge in [0.25, 0.3) is 0 Å². The van der Waals surface area contributed by atoms with E-state index in [0.717, 1.165) is 24.9 Å². The van der Waals surface area contributed by atoms with Gasteiger partial charge in [0, 0.05) is 23.8 Å². The molecule has 0 aliphatic carbocycles. The van der Waals surface area contributed by atoms with E-state index in [1.165, 1.54) is 6.07 Å². The maximum atomic E-state index is 13.1. The van der Waals surface area contributed by atoms with Crippen molar-refractivity contribution in [1.29, 1.82) is 0 Å². The largest absolute Gasteiger partial charge is 0.478 e. The number of para-hydroxylation sites is 1. The number of pyridine rings is 1. The van der Waals surface area contributed by atoms with Crippen LogP contribution in [0.5, 0.6) is 5.88 Å². The summed E-state index contributed by atoms with van der Waals surface area (Å²) in [5.41, 5.74) is -0.443. The van der Waals surface area contributed by atoms with Crippen LogP contribution in [-0.2, 0) is 16.6 Å². The molecule has 0 bridgehead atoms. The van der Waals surface area contributed by atoms with Crippen molar-refractivity contribution in [1.82, 2.24) is 10.3 Å². The molecule has 0 saturated carbocycles. The number of alkyl halides is 3. The third-order valence-corrected chi connectivity index (χ3v) is 3.26. The monoisotopic (exact) mass is 428 g/mol. The minimum Gasteiger partial charge on any atom is -0.478 e. The fraction of sp³-hybridized carbons (Fsp3) is 0.400. The minimum absolute atomic E-state index is 0.000204. The molecule has 0 aliphatic rings. The first kappa shape index (κ1) is 23.4. The fourth-order valence-electron chi connectivity index (χ4n) is 2.04. The molecule has 2 rings (SSSR count). The zero-order valence-electron chi connectivity index (χ0n) is 14.0. The van der Waals surface area contributed by atoms with Crippen LogP contribution in [0.1, 0.15) is 12.0 Å². The van der Waals surface area contributed by atoms with Crippen molar-refractivity contribution >= 4 is 33.9 Å². The highest BCUT2D eigenvalue weighted by Crippen LogP contribution is 2.36. The zero-order valence-corrected chi connectivity index (χ0v) is 15.7. The molecule has 27 heavy (non-hydrogen) atoms. The minimum atomic E-state index is -4.67. The van der Waals surface area contributed by atoms with Crippen molar-refractivity contribution in [2.75, 3.05) is 25.4 Å². The number of fused-ring (bicyclic) bond motifs is 1. The van der Waals surface area contributed by atoms with Gasteiger partial charge in [-0.25, -0.2) is 4.98 Å². The van der Waals surface area contributed by atoms with Crippen LogP contribution in [0, 0.1) is 0 Å². The summed E-state index contributed by atoms with van der Waals surface area (Å²) in [5.74, 6) is 0.738. The Hall–Kier alpha value is -1.60. The molecular formula is C15H19F3N2O5S2. The van der Waals surface area contributed by atoms with Gasteiger partial charge in [-0.1, -0.05) is 18.2 Å². The maximum Gasteiger partial charge on any atom is 0.417 e. The van der Waals surface area contributed by atoms with Crippen LogP contribution in [0.4, 0.5) is 13.2 Å². The van der Waals surface area contributed by atoms with Crippen LogP contribution in [0.3, 0.4) is 0 Å². The lowest BCUT2D eigenvalue weighted by atomic mass is 10.1. The molecule has 0 fully saturated rings. The zero-order chi connectivity index (χ0) is 20.5. The third-order valence-electron chi connectivity index (χ3n) is 3.03. The average molecular weight is 428 g/mol. The SMILES string of the molecule is FC(F)(F)c1cc(OCCCNCCS)nc2ccccc12.O=S(=O)(O)O. The summed E-state index contributed by atoms with van der Waals surface area (Å²) in [6.07, 6.45) is -3.75. The van der Waals surface area contributed by atoms with Gasteiger partial charge < -0.3 is 10.1 Å². The summed E-state index contributed by atoms with van der Waals surface area (Å²) in [4.78, 5) is 4.13. The van der Waals surface area contributed by atoms with Crippen molar-refractivity contribution in [3.05, 3.63) is 35.9 Å². The van der Waals surface area contributed by atoms with Gasteiger partial charge in [0.05, 0.1) is 17.7 Å². The van der Waals surface area contributed by atoms with Gasteiger partial charge in [0.1, 0.15) is 0 Å². The summed E-state index contributed by atoms with van der Waals surface area (Å²) >= 11 is 4.07. The second-order valence-corrected chi connectivity index (χ2v) is 6.49. The third kappa shape index (κ3) is 9.77. The molecule has 1 heterocycles. The number of nitrogens with one attached hydrogen (secondary N) is 1. The molecule has 0 unspecified atom stereocenters. The lowest BCUT2D eigenvalue weighted by Gasteiger charge is -2.13. The summed E-state index contributed by atoms with van der Waals surface area (Å²) in [5, 5.41) is 3.21. The first-order valence-electron chi connectivity index (χ1n) is 7.63. The van der Waals surface area contributed by atoms with Crippen molar-refractivity contribution in [2.24, 2.45) is 0 Å². The second kappa shape index (κ2) is 10.7. The van der Waals surface area contributed by atoms with Crippen molar-refractivity contribution in [3.8, 4) is 5.88 Å². The van der Waals surface area contributed by atoms with E-state index in [1.807, 2.05) is 0 Å². The topological polar surface area (TPSA) is 109 Å². The summed E-state index contributed by atoms with van der Waals surface area (Å²) in [6, 6.07) is 7.14. The molecule has 0 spiro atoms. The maximum absolute atomic E-state index is 13.1. The van der Waals surface area contributed by atoms with E-state index in [4.69, 9.17) is 22.3 Å². The van der Waals surface area contributed by atoms with E-state index in [9.17, 15) is 13.2 Å². The second-order valence-electron chi connectivity index (χ2n) is 5.15. The quantitative estimate of drug-likeness (QED) is 0.305. The Bertz CT molecular complexity index is 824. The number of nitrogens with zero attached hydrogens (tertiary/aromatic N) is 1. The number of hydrogen-bond acceptors (Lipinski definition) is 6. The van der Waals surface area contributed by atoms with Crippen LogP contribution in [0.15, 0.2) is 30.3 Å². The van der Waals surface area contributed by atoms with Gasteiger partial charge >= 0.3 is 16.6 Å². The number of rotatable bonds is 7. The highest BCUT2D eigenvalue weighted by molar-refractivity contribution is 7.80. The molecular weight excluding hydrogens is 409 g/mol. The Balaban J connectivity index is 0.000000646. The summed E-state index contributed by atoms with van der Waals surface area (Å²) in [6.45, 7) is 1.82. The van der Waals surface area contributed by atoms with Gasteiger partial charge in [-0.05, 0) is 19.0 Å². The Morgan fingerprint density at radius 1 is 1.19 bits per heavy atom. The van der Waals surface area contributed by atoms with Gasteiger partial charge in [0.2, 0.25) is 5.88 Å². The lowest BCUT2D eigenvalue weighted by molar-refractivity contribution is -0.136. The number of aromatic nitrogens is 1. The van der Waals surface area contributed by atoms with Crippen LogP contribution in [0.2, 0.25) is 0 Å². The Labute approximate surface area is 159 Å². The number of halogens is 3. The molecule has 7 nitrogen and oxygen atoms in total. The van der Waals surface area contributed by atoms with E-state index < -0.39 is 22.1 Å². The van der Waals surface area contributed by atoms with E-state index >= 15 is 0 Å². The van der Waals surface area contributed by atoms with E-state index in [-0.39, 0.29) is 16.8 Å². The van der Waals surface area contributed by atoms with Crippen LogP contribution >= 0.6 is 12.6 Å². The van der Waals surface area contributed by atoms with Gasteiger partial charge in [-0.2, -0.15) is 34.2 Å². The molecule has 0 amide bonds. The molecule has 3 N–H and O–H groups in total. The Morgan fingerprint density at radius 3 is 2.41 bits per heavy atom. The van der Waals surface area contributed by atoms with E-state index in [2.05, 4.69) is 22.9 Å². The number of benzene rings is 1. The smallest absolute Gasteiger partial charge is 0.417 e.